The van der Waals surface area contributed by atoms with Crippen LogP contribution in [0, 0.1) is 0 Å². The van der Waals surface area contributed by atoms with Gasteiger partial charge in [0.1, 0.15) is 6.54 Å². The van der Waals surface area contributed by atoms with Gasteiger partial charge < -0.3 is 10.1 Å². The molecule has 1 aliphatic rings. The number of amides is 2. The molecule has 0 bridgehead atoms. The fourth-order valence-electron chi connectivity index (χ4n) is 2.19. The Morgan fingerprint density at radius 3 is 2.86 bits per heavy atom. The molecule has 6 nitrogen and oxygen atoms in total. The highest BCUT2D eigenvalue weighted by atomic mass is 16.5. The summed E-state index contributed by atoms with van der Waals surface area (Å²) in [6, 6.07) is 13.0. The number of aromatic nitrogens is 1. The second-order valence-corrected chi connectivity index (χ2v) is 4.86. The van der Waals surface area contributed by atoms with Crippen LogP contribution in [0.4, 0.5) is 5.82 Å². The van der Waals surface area contributed by atoms with Gasteiger partial charge in [0.15, 0.2) is 18.2 Å². The van der Waals surface area contributed by atoms with Crippen molar-refractivity contribution in [2.75, 3.05) is 18.1 Å². The van der Waals surface area contributed by atoms with Crippen LogP contribution in [0.5, 0.6) is 5.75 Å². The van der Waals surface area contributed by atoms with Crippen molar-refractivity contribution in [2.45, 2.75) is 6.54 Å². The molecule has 0 spiro atoms. The van der Waals surface area contributed by atoms with E-state index in [-0.39, 0.29) is 25.0 Å². The molecule has 1 aliphatic heterocycles. The Kier molecular flexibility index (Phi) is 4.00. The normalized spacial score (nSPS) is 13.3. The molecule has 1 aromatic heterocycles. The number of ether oxygens (including phenoxy) is 1. The molecule has 2 amide bonds. The summed E-state index contributed by atoms with van der Waals surface area (Å²) in [6.45, 7) is 0.275. The number of nitrogens with one attached hydrogen (secondary N) is 1. The van der Waals surface area contributed by atoms with Crippen LogP contribution in [0.2, 0.25) is 0 Å². The topological polar surface area (TPSA) is 71.5 Å². The fraction of sp³-hybridized carbons (Fsp3) is 0.188. The minimum atomic E-state index is -0.277. The lowest BCUT2D eigenvalue weighted by Gasteiger charge is -2.27. The second-order valence-electron chi connectivity index (χ2n) is 4.86. The Bertz CT molecular complexity index is 688. The molecule has 0 unspecified atom stereocenters. The van der Waals surface area contributed by atoms with Gasteiger partial charge in [-0.1, -0.05) is 30.3 Å². The summed E-state index contributed by atoms with van der Waals surface area (Å²) in [4.78, 5) is 29.5. The van der Waals surface area contributed by atoms with Gasteiger partial charge in [0.2, 0.25) is 5.91 Å². The summed E-state index contributed by atoms with van der Waals surface area (Å²) in [5, 5.41) is 2.80. The van der Waals surface area contributed by atoms with E-state index >= 15 is 0 Å². The molecule has 1 aromatic carbocycles. The maximum Gasteiger partial charge on any atom is 0.266 e. The first kappa shape index (κ1) is 14.1. The zero-order chi connectivity index (χ0) is 15.4. The summed E-state index contributed by atoms with van der Waals surface area (Å²) in [5.41, 5.74) is 1.00. The van der Waals surface area contributed by atoms with E-state index in [4.69, 9.17) is 4.74 Å². The van der Waals surface area contributed by atoms with Crippen molar-refractivity contribution in [3.05, 3.63) is 54.2 Å². The minimum Gasteiger partial charge on any atom is -0.480 e. The van der Waals surface area contributed by atoms with Crippen LogP contribution < -0.4 is 15.0 Å². The molecular weight excluding hydrogens is 282 g/mol. The Labute approximate surface area is 127 Å². The Morgan fingerprint density at radius 1 is 1.23 bits per heavy atom. The number of carbonyl (C=O) groups excluding carboxylic acids is 2. The monoisotopic (exact) mass is 297 g/mol. The average Bonchev–Trinajstić information content (AvgIpc) is 2.56. The van der Waals surface area contributed by atoms with Crippen molar-refractivity contribution in [2.24, 2.45) is 0 Å². The number of pyridine rings is 1. The molecule has 22 heavy (non-hydrogen) atoms. The quantitative estimate of drug-likeness (QED) is 0.918. The molecule has 0 fully saturated rings. The third-order valence-electron chi connectivity index (χ3n) is 3.29. The van der Waals surface area contributed by atoms with E-state index in [9.17, 15) is 9.59 Å². The highest BCUT2D eigenvalue weighted by Crippen LogP contribution is 2.28. The van der Waals surface area contributed by atoms with E-state index in [2.05, 4.69) is 10.3 Å². The first-order chi connectivity index (χ1) is 10.7. The molecule has 6 heteroatoms. The van der Waals surface area contributed by atoms with Crippen LogP contribution in [-0.4, -0.2) is 29.9 Å². The van der Waals surface area contributed by atoms with Gasteiger partial charge in [-0.25, -0.2) is 4.98 Å². The van der Waals surface area contributed by atoms with E-state index in [1.807, 2.05) is 30.3 Å². The van der Waals surface area contributed by atoms with E-state index < -0.39 is 0 Å². The lowest BCUT2D eigenvalue weighted by atomic mass is 10.2. The Morgan fingerprint density at radius 2 is 2.05 bits per heavy atom. The zero-order valence-corrected chi connectivity index (χ0v) is 11.9. The summed E-state index contributed by atoms with van der Waals surface area (Å²) in [5.74, 6) is 0.378. The van der Waals surface area contributed by atoms with Gasteiger partial charge in [-0.3, -0.25) is 14.5 Å². The number of hydrogen-bond donors (Lipinski definition) is 1. The number of anilines is 1. The standard InChI is InChI=1S/C16H15N3O3/c20-14(18-9-12-5-2-1-3-6-12)10-19-15(21)11-22-13-7-4-8-17-16(13)19/h1-8H,9-11H2,(H,18,20). The van der Waals surface area contributed by atoms with Crippen molar-refractivity contribution in [3.63, 3.8) is 0 Å². The summed E-state index contributed by atoms with van der Waals surface area (Å²) in [7, 11) is 0. The predicted molar refractivity (Wildman–Crippen MR) is 80.4 cm³/mol. The zero-order valence-electron chi connectivity index (χ0n) is 11.9. The van der Waals surface area contributed by atoms with Crippen molar-refractivity contribution in [1.82, 2.24) is 10.3 Å². The smallest absolute Gasteiger partial charge is 0.266 e. The Hall–Kier alpha value is -2.89. The number of benzene rings is 1. The van der Waals surface area contributed by atoms with Gasteiger partial charge in [0.05, 0.1) is 0 Å². The van der Waals surface area contributed by atoms with Gasteiger partial charge in [-0.15, -0.1) is 0 Å². The van der Waals surface area contributed by atoms with Gasteiger partial charge >= 0.3 is 0 Å². The van der Waals surface area contributed by atoms with Crippen LogP contribution in [0.25, 0.3) is 0 Å². The number of nitrogens with zero attached hydrogens (tertiary/aromatic N) is 2. The lowest BCUT2D eigenvalue weighted by molar-refractivity contribution is -0.125. The number of rotatable bonds is 4. The number of hydrogen-bond acceptors (Lipinski definition) is 4. The highest BCUT2D eigenvalue weighted by molar-refractivity contribution is 6.01. The third-order valence-corrected chi connectivity index (χ3v) is 3.29. The van der Waals surface area contributed by atoms with Gasteiger partial charge in [-0.05, 0) is 17.7 Å². The molecule has 2 heterocycles. The van der Waals surface area contributed by atoms with Crippen LogP contribution in [-0.2, 0) is 16.1 Å². The second kappa shape index (κ2) is 6.26. The number of fused-ring (bicyclic) bond motifs is 1. The molecule has 0 saturated carbocycles. The third kappa shape index (κ3) is 3.06. The van der Waals surface area contributed by atoms with E-state index in [0.29, 0.717) is 18.1 Å². The van der Waals surface area contributed by atoms with Crippen LogP contribution in [0.3, 0.4) is 0 Å². The predicted octanol–water partition coefficient (Wildman–Crippen LogP) is 1.12. The van der Waals surface area contributed by atoms with Gasteiger partial charge in [-0.2, -0.15) is 0 Å². The summed E-state index contributed by atoms with van der Waals surface area (Å²) in [6.07, 6.45) is 1.57. The summed E-state index contributed by atoms with van der Waals surface area (Å²) >= 11 is 0. The minimum absolute atomic E-state index is 0.0704. The average molecular weight is 297 g/mol. The fourth-order valence-corrected chi connectivity index (χ4v) is 2.19. The molecule has 3 rings (SSSR count). The van der Waals surface area contributed by atoms with Crippen molar-refractivity contribution < 1.29 is 14.3 Å². The lowest BCUT2D eigenvalue weighted by Crippen LogP contribution is -2.45. The van der Waals surface area contributed by atoms with Crippen LogP contribution in [0.1, 0.15) is 5.56 Å². The molecule has 0 radical (unpaired) electrons. The molecular formula is C16H15N3O3. The van der Waals surface area contributed by atoms with E-state index in [0.717, 1.165) is 5.56 Å². The van der Waals surface area contributed by atoms with Crippen molar-refractivity contribution in [3.8, 4) is 5.75 Å². The molecule has 112 valence electrons. The first-order valence-electron chi connectivity index (χ1n) is 6.93. The first-order valence-corrected chi connectivity index (χ1v) is 6.93. The molecule has 0 atom stereocenters. The van der Waals surface area contributed by atoms with Crippen LogP contribution >= 0.6 is 0 Å². The maximum absolute atomic E-state index is 12.1. The van der Waals surface area contributed by atoms with E-state index in [1.165, 1.54) is 4.90 Å². The molecule has 1 N–H and O–H groups in total. The van der Waals surface area contributed by atoms with Crippen molar-refractivity contribution >= 4 is 17.6 Å². The van der Waals surface area contributed by atoms with E-state index in [1.54, 1.807) is 18.3 Å². The SMILES string of the molecule is O=C(CN1C(=O)COc2cccnc21)NCc1ccccc1. The Balaban J connectivity index is 1.65. The van der Waals surface area contributed by atoms with Gasteiger partial charge in [0.25, 0.3) is 5.91 Å². The van der Waals surface area contributed by atoms with Gasteiger partial charge in [0, 0.05) is 12.7 Å². The highest BCUT2D eigenvalue weighted by Gasteiger charge is 2.28. The largest absolute Gasteiger partial charge is 0.480 e. The molecule has 0 saturated heterocycles. The summed E-state index contributed by atoms with van der Waals surface area (Å²) < 4.78 is 5.29. The van der Waals surface area contributed by atoms with Crippen molar-refractivity contribution in [1.29, 1.82) is 0 Å². The maximum atomic E-state index is 12.1. The molecule has 2 aromatic rings. The molecule has 0 aliphatic carbocycles. The van der Waals surface area contributed by atoms with Crippen LogP contribution in [0.15, 0.2) is 48.7 Å². The number of carbonyl (C=O) groups is 2.